The zero-order valence-corrected chi connectivity index (χ0v) is 17.4. The highest BCUT2D eigenvalue weighted by atomic mass is 35.5. The van der Waals surface area contributed by atoms with Crippen molar-refractivity contribution in [1.82, 2.24) is 0 Å². The number of benzene rings is 1. The molecule has 1 aromatic rings. The molecule has 0 heterocycles. The fraction of sp³-hybridized carbons (Fsp3) is 0.696. The summed E-state index contributed by atoms with van der Waals surface area (Å²) in [6.45, 7) is 2.48. The van der Waals surface area contributed by atoms with Gasteiger partial charge in [0.15, 0.2) is 11.6 Å². The number of halogens is 3. The molecule has 2 nitrogen and oxygen atoms in total. The molecule has 2 aliphatic carbocycles. The molecule has 0 N–H and O–H groups in total. The first-order chi connectivity index (χ1) is 13.5. The van der Waals surface area contributed by atoms with Gasteiger partial charge in [-0.2, -0.15) is 4.39 Å². The second-order valence-electron chi connectivity index (χ2n) is 8.72. The Morgan fingerprint density at radius 2 is 1.61 bits per heavy atom. The zero-order valence-electron chi connectivity index (χ0n) is 16.7. The highest BCUT2D eigenvalue weighted by molar-refractivity contribution is 6.63. The van der Waals surface area contributed by atoms with Crippen molar-refractivity contribution in [3.8, 4) is 5.75 Å². The van der Waals surface area contributed by atoms with Crippen LogP contribution in [0.5, 0.6) is 5.75 Å². The van der Waals surface area contributed by atoms with Crippen molar-refractivity contribution in [2.75, 3.05) is 6.61 Å². The number of rotatable bonds is 7. The topological polar surface area (TPSA) is 26.3 Å². The summed E-state index contributed by atoms with van der Waals surface area (Å²) >= 11 is 5.26. The molecular weight excluding hydrogens is 382 g/mol. The predicted octanol–water partition coefficient (Wildman–Crippen LogP) is 6.99. The number of carbonyl (C=O) groups excluding carboxylic acids is 1. The molecule has 0 bridgehead atoms. The van der Waals surface area contributed by atoms with Crippen molar-refractivity contribution in [2.24, 2.45) is 17.8 Å². The summed E-state index contributed by atoms with van der Waals surface area (Å²) in [7, 11) is 0. The first kappa shape index (κ1) is 21.5. The lowest BCUT2D eigenvalue weighted by Gasteiger charge is -2.37. The van der Waals surface area contributed by atoms with Gasteiger partial charge in [-0.05, 0) is 91.8 Å². The van der Waals surface area contributed by atoms with Crippen LogP contribution in [0.3, 0.4) is 0 Å². The monoisotopic (exact) mass is 412 g/mol. The molecule has 0 spiro atoms. The second-order valence-corrected chi connectivity index (χ2v) is 9.14. The Bertz CT molecular complexity index is 663. The molecule has 2 saturated carbocycles. The van der Waals surface area contributed by atoms with Gasteiger partial charge in [-0.15, -0.1) is 0 Å². The van der Waals surface area contributed by atoms with Crippen LogP contribution in [0.25, 0.3) is 0 Å². The van der Waals surface area contributed by atoms with E-state index in [1.807, 2.05) is 0 Å². The molecule has 156 valence electrons. The maximum absolute atomic E-state index is 14.6. The van der Waals surface area contributed by atoms with Gasteiger partial charge in [0.25, 0.3) is 0 Å². The van der Waals surface area contributed by atoms with Gasteiger partial charge >= 0.3 is 0 Å². The van der Waals surface area contributed by atoms with Crippen molar-refractivity contribution in [3.05, 3.63) is 29.3 Å². The molecule has 1 aromatic carbocycles. The fourth-order valence-electron chi connectivity index (χ4n) is 5.03. The van der Waals surface area contributed by atoms with Crippen molar-refractivity contribution in [2.45, 2.75) is 77.0 Å². The lowest BCUT2D eigenvalue weighted by atomic mass is 9.68. The van der Waals surface area contributed by atoms with E-state index in [0.717, 1.165) is 43.4 Å². The summed E-state index contributed by atoms with van der Waals surface area (Å²) in [5.41, 5.74) is 0.483. The van der Waals surface area contributed by atoms with E-state index in [1.54, 1.807) is 6.07 Å². The van der Waals surface area contributed by atoms with Crippen LogP contribution in [0.15, 0.2) is 12.1 Å². The molecule has 5 heteroatoms. The van der Waals surface area contributed by atoms with E-state index < -0.39 is 16.9 Å². The minimum atomic E-state index is -0.918. The van der Waals surface area contributed by atoms with Crippen molar-refractivity contribution in [3.63, 3.8) is 0 Å². The standard InChI is InChI=1S/C23H31ClF2O2/c1-15-4-6-16(7-5-15)17-8-10-18(11-9-17)19-12-13-20(23(26)22(19)25)28-14-2-3-21(24)27/h12-13,15-18H,2-11,14H2,1H3. The molecule has 2 aliphatic rings. The zero-order chi connectivity index (χ0) is 20.1. The molecule has 0 saturated heterocycles. The molecule has 0 amide bonds. The van der Waals surface area contributed by atoms with Gasteiger partial charge in [0.05, 0.1) is 6.61 Å². The van der Waals surface area contributed by atoms with E-state index in [9.17, 15) is 13.6 Å². The van der Waals surface area contributed by atoms with Crippen molar-refractivity contribution < 1.29 is 18.3 Å². The highest BCUT2D eigenvalue weighted by Gasteiger charge is 2.32. The van der Waals surface area contributed by atoms with Crippen LogP contribution in [0.2, 0.25) is 0 Å². The molecular formula is C23H31ClF2O2. The fourth-order valence-corrected chi connectivity index (χ4v) is 5.16. The minimum Gasteiger partial charge on any atom is -0.490 e. The van der Waals surface area contributed by atoms with Gasteiger partial charge in [-0.1, -0.05) is 25.8 Å². The number of hydrogen-bond acceptors (Lipinski definition) is 2. The summed E-state index contributed by atoms with van der Waals surface area (Å²) in [4.78, 5) is 10.7. The molecule has 3 rings (SSSR count). The number of hydrogen-bond donors (Lipinski definition) is 0. The average molecular weight is 413 g/mol. The predicted molar refractivity (Wildman–Crippen MR) is 108 cm³/mol. The molecule has 0 unspecified atom stereocenters. The number of carbonyl (C=O) groups is 1. The van der Waals surface area contributed by atoms with Crippen LogP contribution in [0, 0.1) is 29.4 Å². The lowest BCUT2D eigenvalue weighted by Crippen LogP contribution is -2.25. The van der Waals surface area contributed by atoms with Crippen molar-refractivity contribution >= 4 is 16.8 Å². The van der Waals surface area contributed by atoms with Crippen LogP contribution in [-0.4, -0.2) is 11.8 Å². The highest BCUT2D eigenvalue weighted by Crippen LogP contribution is 2.44. The molecule has 0 atom stereocenters. The first-order valence-corrected chi connectivity index (χ1v) is 11.1. The third-order valence-corrected chi connectivity index (χ3v) is 6.98. The van der Waals surface area contributed by atoms with E-state index in [4.69, 9.17) is 16.3 Å². The Hall–Kier alpha value is -1.16. The Labute approximate surface area is 172 Å². The van der Waals surface area contributed by atoms with E-state index in [-0.39, 0.29) is 24.7 Å². The van der Waals surface area contributed by atoms with Crippen molar-refractivity contribution in [1.29, 1.82) is 0 Å². The summed E-state index contributed by atoms with van der Waals surface area (Å²) in [5.74, 6) is 0.752. The first-order valence-electron chi connectivity index (χ1n) is 10.7. The van der Waals surface area contributed by atoms with Gasteiger partial charge < -0.3 is 4.74 Å². The Kier molecular flexibility index (Phi) is 7.73. The van der Waals surface area contributed by atoms with Gasteiger partial charge in [-0.3, -0.25) is 4.79 Å². The second kappa shape index (κ2) is 10.0. The minimum absolute atomic E-state index is 0.0896. The van der Waals surface area contributed by atoms with Gasteiger partial charge in [-0.25, -0.2) is 4.39 Å². The normalized spacial score (nSPS) is 28.1. The van der Waals surface area contributed by atoms with Crippen LogP contribution >= 0.6 is 11.6 Å². The Morgan fingerprint density at radius 1 is 1.00 bits per heavy atom. The number of ether oxygens (including phenoxy) is 1. The largest absolute Gasteiger partial charge is 0.490 e. The molecule has 2 fully saturated rings. The van der Waals surface area contributed by atoms with E-state index in [0.29, 0.717) is 12.0 Å². The SMILES string of the molecule is CC1CCC(C2CCC(c3ccc(OCCCC(=O)Cl)c(F)c3F)CC2)CC1. The van der Waals surface area contributed by atoms with E-state index in [1.165, 1.54) is 31.7 Å². The van der Waals surface area contributed by atoms with Crippen LogP contribution in [-0.2, 0) is 4.79 Å². The molecule has 28 heavy (non-hydrogen) atoms. The maximum atomic E-state index is 14.6. The lowest BCUT2D eigenvalue weighted by molar-refractivity contribution is -0.111. The molecule has 0 aliphatic heterocycles. The summed E-state index contributed by atoms with van der Waals surface area (Å²) < 4.78 is 34.4. The van der Waals surface area contributed by atoms with E-state index >= 15 is 0 Å². The van der Waals surface area contributed by atoms with Crippen LogP contribution in [0.4, 0.5) is 8.78 Å². The third kappa shape index (κ3) is 5.46. The average Bonchev–Trinajstić information content (AvgIpc) is 2.69. The Balaban J connectivity index is 1.54. The van der Waals surface area contributed by atoms with Crippen LogP contribution < -0.4 is 4.74 Å². The Morgan fingerprint density at radius 3 is 2.21 bits per heavy atom. The molecule has 0 radical (unpaired) electrons. The van der Waals surface area contributed by atoms with Crippen LogP contribution in [0.1, 0.15) is 82.6 Å². The smallest absolute Gasteiger partial charge is 0.221 e. The quantitative estimate of drug-likeness (QED) is 0.356. The molecule has 0 aromatic heterocycles. The summed E-state index contributed by atoms with van der Waals surface area (Å²) in [6, 6.07) is 3.19. The van der Waals surface area contributed by atoms with Gasteiger partial charge in [0.2, 0.25) is 11.1 Å². The summed E-state index contributed by atoms with van der Waals surface area (Å²) in [6.07, 6.45) is 10.0. The third-order valence-electron chi connectivity index (χ3n) is 6.79. The summed E-state index contributed by atoms with van der Waals surface area (Å²) in [5, 5.41) is -0.455. The van der Waals surface area contributed by atoms with E-state index in [2.05, 4.69) is 6.92 Å². The maximum Gasteiger partial charge on any atom is 0.221 e. The van der Waals surface area contributed by atoms with Gasteiger partial charge in [0.1, 0.15) is 0 Å². The van der Waals surface area contributed by atoms with Gasteiger partial charge in [0, 0.05) is 6.42 Å².